The summed E-state index contributed by atoms with van der Waals surface area (Å²) in [7, 11) is 0. The minimum atomic E-state index is -0.445. The van der Waals surface area contributed by atoms with Crippen molar-refractivity contribution in [2.45, 2.75) is 5.03 Å². The predicted molar refractivity (Wildman–Crippen MR) is 80.7 cm³/mol. The monoisotopic (exact) mass is 329 g/mol. The summed E-state index contributed by atoms with van der Waals surface area (Å²) < 4.78 is 0. The maximum absolute atomic E-state index is 11.8. The van der Waals surface area contributed by atoms with E-state index < -0.39 is 5.69 Å². The van der Waals surface area contributed by atoms with Gasteiger partial charge in [0.05, 0.1) is 20.8 Å². The molecule has 0 aliphatic rings. The number of rotatable bonds is 4. The lowest BCUT2D eigenvalue weighted by molar-refractivity contribution is -0.113. The molecular formula is C12H9Cl2N3O2S. The average Bonchev–Trinajstić information content (AvgIpc) is 2.41. The van der Waals surface area contributed by atoms with Crippen LogP contribution in [0, 0.1) is 0 Å². The van der Waals surface area contributed by atoms with Gasteiger partial charge in [-0.15, -0.1) is 0 Å². The molecule has 0 aliphatic heterocycles. The van der Waals surface area contributed by atoms with Crippen molar-refractivity contribution in [1.82, 2.24) is 9.97 Å². The number of nitrogens with one attached hydrogen (secondary N) is 2. The van der Waals surface area contributed by atoms with Crippen LogP contribution < -0.4 is 11.0 Å². The van der Waals surface area contributed by atoms with Crippen molar-refractivity contribution in [2.75, 3.05) is 11.1 Å². The van der Waals surface area contributed by atoms with Crippen LogP contribution >= 0.6 is 35.0 Å². The fourth-order valence-electron chi connectivity index (χ4n) is 1.35. The molecule has 2 N–H and O–H groups in total. The maximum atomic E-state index is 11.8. The lowest BCUT2D eigenvalue weighted by Crippen LogP contribution is -2.15. The molecular weight excluding hydrogens is 321 g/mol. The van der Waals surface area contributed by atoms with E-state index in [0.717, 1.165) is 0 Å². The van der Waals surface area contributed by atoms with Crippen LogP contribution in [0.5, 0.6) is 0 Å². The number of anilines is 1. The van der Waals surface area contributed by atoms with Crippen LogP contribution in [-0.2, 0) is 4.79 Å². The highest BCUT2D eigenvalue weighted by Gasteiger charge is 2.06. The number of aromatic nitrogens is 2. The lowest BCUT2D eigenvalue weighted by Gasteiger charge is -2.06. The highest BCUT2D eigenvalue weighted by molar-refractivity contribution is 7.99. The Hall–Kier alpha value is -1.50. The minimum Gasteiger partial charge on any atom is -0.325 e. The van der Waals surface area contributed by atoms with Crippen LogP contribution in [0.3, 0.4) is 0 Å². The molecule has 104 valence electrons. The largest absolute Gasteiger partial charge is 0.345 e. The summed E-state index contributed by atoms with van der Waals surface area (Å²) >= 11 is 12.8. The molecule has 0 aliphatic carbocycles. The van der Waals surface area contributed by atoms with Gasteiger partial charge in [-0.3, -0.25) is 4.79 Å². The van der Waals surface area contributed by atoms with E-state index in [1.54, 1.807) is 24.3 Å². The van der Waals surface area contributed by atoms with Gasteiger partial charge in [0.2, 0.25) is 5.91 Å². The Kier molecular flexibility index (Phi) is 5.05. The summed E-state index contributed by atoms with van der Waals surface area (Å²) in [5, 5.41) is 4.06. The van der Waals surface area contributed by atoms with Crippen LogP contribution in [0.15, 0.2) is 40.3 Å². The van der Waals surface area contributed by atoms with Crippen LogP contribution in [0.4, 0.5) is 5.69 Å². The van der Waals surface area contributed by atoms with Crippen molar-refractivity contribution in [2.24, 2.45) is 0 Å². The molecule has 0 fully saturated rings. The number of carbonyl (C=O) groups excluding carboxylic acids is 1. The third kappa shape index (κ3) is 4.26. The topological polar surface area (TPSA) is 74.8 Å². The Morgan fingerprint density at radius 3 is 2.80 bits per heavy atom. The van der Waals surface area contributed by atoms with Gasteiger partial charge in [-0.2, -0.15) is 0 Å². The summed E-state index contributed by atoms with van der Waals surface area (Å²) in [6, 6.07) is 6.46. The highest BCUT2D eigenvalue weighted by atomic mass is 35.5. The van der Waals surface area contributed by atoms with E-state index in [9.17, 15) is 9.59 Å². The van der Waals surface area contributed by atoms with E-state index in [0.29, 0.717) is 20.8 Å². The molecule has 0 saturated carbocycles. The first-order valence-electron chi connectivity index (χ1n) is 5.47. The Balaban J connectivity index is 1.92. The van der Waals surface area contributed by atoms with E-state index in [1.165, 1.54) is 18.0 Å². The fourth-order valence-corrected chi connectivity index (χ4v) is 2.32. The standard InChI is InChI=1S/C12H9Cl2N3O2S/c13-8-2-1-7(5-9(8)14)16-10(18)6-20-11-3-4-15-12(19)17-11/h1-5H,6H2,(H,16,18)(H,15,17,19). The maximum Gasteiger partial charge on any atom is 0.345 e. The molecule has 5 nitrogen and oxygen atoms in total. The normalized spacial score (nSPS) is 10.3. The number of hydrogen-bond acceptors (Lipinski definition) is 4. The van der Waals surface area contributed by atoms with Crippen molar-refractivity contribution >= 4 is 46.6 Å². The molecule has 8 heteroatoms. The number of benzene rings is 1. The number of nitrogens with zero attached hydrogens (tertiary/aromatic N) is 1. The molecule has 1 aromatic heterocycles. The smallest absolute Gasteiger partial charge is 0.325 e. The third-order valence-electron chi connectivity index (χ3n) is 2.21. The van der Waals surface area contributed by atoms with E-state index in [1.807, 2.05) is 0 Å². The second kappa shape index (κ2) is 6.78. The van der Waals surface area contributed by atoms with Crippen molar-refractivity contribution in [3.8, 4) is 0 Å². The minimum absolute atomic E-state index is 0.153. The Labute approximate surface area is 128 Å². The van der Waals surface area contributed by atoms with Gasteiger partial charge in [0.1, 0.15) is 0 Å². The molecule has 1 amide bonds. The van der Waals surface area contributed by atoms with E-state index in [4.69, 9.17) is 23.2 Å². The molecule has 1 heterocycles. The van der Waals surface area contributed by atoms with Crippen LogP contribution in [0.25, 0.3) is 0 Å². The molecule has 1 aromatic carbocycles. The summed E-state index contributed by atoms with van der Waals surface area (Å²) in [5.74, 6) is -0.0636. The van der Waals surface area contributed by atoms with Crippen LogP contribution in [0.2, 0.25) is 10.0 Å². The van der Waals surface area contributed by atoms with E-state index in [2.05, 4.69) is 15.3 Å². The van der Waals surface area contributed by atoms with Crippen molar-refractivity contribution in [3.63, 3.8) is 0 Å². The molecule has 0 saturated heterocycles. The zero-order valence-electron chi connectivity index (χ0n) is 10.0. The molecule has 0 unspecified atom stereocenters. The first-order valence-corrected chi connectivity index (χ1v) is 7.22. The average molecular weight is 330 g/mol. The number of carbonyl (C=O) groups is 1. The number of halogens is 2. The molecule has 0 atom stereocenters. The summed E-state index contributed by atoms with van der Waals surface area (Å²) in [6.07, 6.45) is 1.39. The third-order valence-corrected chi connectivity index (χ3v) is 3.90. The van der Waals surface area contributed by atoms with Gasteiger partial charge in [-0.25, -0.2) is 9.78 Å². The van der Waals surface area contributed by atoms with Crippen LogP contribution in [0.1, 0.15) is 0 Å². The Morgan fingerprint density at radius 1 is 1.30 bits per heavy atom. The molecule has 20 heavy (non-hydrogen) atoms. The summed E-state index contributed by atoms with van der Waals surface area (Å²) in [4.78, 5) is 28.8. The zero-order chi connectivity index (χ0) is 14.5. The molecule has 0 spiro atoms. The SMILES string of the molecule is O=C(CSc1ccnc(=O)[nH]1)Nc1ccc(Cl)c(Cl)c1. The van der Waals surface area contributed by atoms with Gasteiger partial charge in [-0.1, -0.05) is 35.0 Å². The van der Waals surface area contributed by atoms with Crippen molar-refractivity contribution in [1.29, 1.82) is 0 Å². The highest BCUT2D eigenvalue weighted by Crippen LogP contribution is 2.25. The van der Waals surface area contributed by atoms with Gasteiger partial charge in [0.15, 0.2) is 0 Å². The van der Waals surface area contributed by atoms with Gasteiger partial charge >= 0.3 is 5.69 Å². The quantitative estimate of drug-likeness (QED) is 0.668. The number of H-pyrrole nitrogens is 1. The second-order valence-corrected chi connectivity index (χ2v) is 5.54. The number of thioether (sulfide) groups is 1. The van der Waals surface area contributed by atoms with Gasteiger partial charge < -0.3 is 10.3 Å². The Bertz CT molecular complexity index is 690. The first-order chi connectivity index (χ1) is 9.54. The Morgan fingerprint density at radius 2 is 2.10 bits per heavy atom. The van der Waals surface area contributed by atoms with Crippen LogP contribution in [-0.4, -0.2) is 21.6 Å². The summed E-state index contributed by atoms with van der Waals surface area (Å²) in [5.41, 5.74) is 0.119. The van der Waals surface area contributed by atoms with E-state index in [-0.39, 0.29) is 11.7 Å². The molecule has 0 radical (unpaired) electrons. The molecule has 2 rings (SSSR count). The summed E-state index contributed by atoms with van der Waals surface area (Å²) in [6.45, 7) is 0. The van der Waals surface area contributed by atoms with Crippen molar-refractivity contribution < 1.29 is 4.79 Å². The fraction of sp³-hybridized carbons (Fsp3) is 0.0833. The number of hydrogen-bond donors (Lipinski definition) is 2. The zero-order valence-corrected chi connectivity index (χ0v) is 12.4. The van der Waals surface area contributed by atoms with E-state index >= 15 is 0 Å². The number of aromatic amines is 1. The molecule has 0 bridgehead atoms. The van der Waals surface area contributed by atoms with Gasteiger partial charge in [-0.05, 0) is 24.3 Å². The molecule has 2 aromatic rings. The first kappa shape index (κ1) is 14.9. The number of amides is 1. The second-order valence-electron chi connectivity index (χ2n) is 3.70. The van der Waals surface area contributed by atoms with Crippen molar-refractivity contribution in [3.05, 3.63) is 51.0 Å². The van der Waals surface area contributed by atoms with Gasteiger partial charge in [0, 0.05) is 11.9 Å². The lowest BCUT2D eigenvalue weighted by atomic mass is 10.3. The van der Waals surface area contributed by atoms with Gasteiger partial charge in [0.25, 0.3) is 0 Å². The predicted octanol–water partition coefficient (Wildman–Crippen LogP) is 2.81.